The average Bonchev–Trinajstić information content (AvgIpc) is 3.24. The number of benzene rings is 2. The number of hydrogen-bond acceptors (Lipinski definition) is 9. The molecule has 0 aliphatic carbocycles. The Labute approximate surface area is 207 Å². The van der Waals surface area contributed by atoms with Crippen molar-refractivity contribution >= 4 is 23.5 Å². The second kappa shape index (κ2) is 11.9. The van der Waals surface area contributed by atoms with E-state index < -0.39 is 24.3 Å². The summed E-state index contributed by atoms with van der Waals surface area (Å²) in [5.74, 6) is -1.25. The van der Waals surface area contributed by atoms with Crippen LogP contribution in [0.1, 0.15) is 17.0 Å². The van der Waals surface area contributed by atoms with E-state index >= 15 is 0 Å². The van der Waals surface area contributed by atoms with E-state index in [4.69, 9.17) is 20.5 Å². The standard InChI is InChI=1S/C25H25N5O4S/c1-16-8-7-9-17(2)24(16)34-14-22-28-29-25(30(22)19-10-5-4-6-11-19)35-15-23(32)33-13-21(31)20(12-26)18(3)27/h4-11,20H,3,13-15,27H2,1-2H3/t20-/m1/s1. The zero-order valence-corrected chi connectivity index (χ0v) is 20.2. The fourth-order valence-electron chi connectivity index (χ4n) is 3.25. The summed E-state index contributed by atoms with van der Waals surface area (Å²) in [5.41, 5.74) is 8.18. The Hall–Kier alpha value is -4.10. The summed E-state index contributed by atoms with van der Waals surface area (Å²) < 4.78 is 12.9. The van der Waals surface area contributed by atoms with Gasteiger partial charge in [0.05, 0.1) is 11.8 Å². The number of rotatable bonds is 11. The van der Waals surface area contributed by atoms with Crippen molar-refractivity contribution in [3.05, 3.63) is 77.8 Å². The molecule has 10 heteroatoms. The van der Waals surface area contributed by atoms with Crippen LogP contribution in [0.4, 0.5) is 0 Å². The molecule has 180 valence electrons. The first-order chi connectivity index (χ1) is 16.8. The topological polar surface area (TPSA) is 133 Å². The van der Waals surface area contributed by atoms with E-state index in [0.717, 1.165) is 34.3 Å². The molecule has 0 bridgehead atoms. The number of nitrogens with two attached hydrogens (primary N) is 1. The first-order valence-corrected chi connectivity index (χ1v) is 11.6. The molecule has 0 unspecified atom stereocenters. The van der Waals surface area contributed by atoms with Crippen molar-refractivity contribution in [1.82, 2.24) is 14.8 Å². The molecule has 0 aliphatic rings. The number of thioether (sulfide) groups is 1. The molecule has 0 amide bonds. The van der Waals surface area contributed by atoms with Crippen LogP contribution in [0.5, 0.6) is 5.75 Å². The van der Waals surface area contributed by atoms with Gasteiger partial charge >= 0.3 is 5.97 Å². The van der Waals surface area contributed by atoms with Crippen LogP contribution in [0.2, 0.25) is 0 Å². The summed E-state index contributed by atoms with van der Waals surface area (Å²) in [4.78, 5) is 24.2. The monoisotopic (exact) mass is 491 g/mol. The van der Waals surface area contributed by atoms with E-state index in [9.17, 15) is 9.59 Å². The number of hydrogen-bond donors (Lipinski definition) is 1. The van der Waals surface area contributed by atoms with E-state index in [1.165, 1.54) is 0 Å². The van der Waals surface area contributed by atoms with E-state index in [2.05, 4.69) is 16.8 Å². The molecule has 1 heterocycles. The van der Waals surface area contributed by atoms with Crippen molar-refractivity contribution in [2.75, 3.05) is 12.4 Å². The average molecular weight is 492 g/mol. The van der Waals surface area contributed by atoms with Crippen LogP contribution in [0, 0.1) is 31.1 Å². The highest BCUT2D eigenvalue weighted by atomic mass is 32.2. The molecule has 2 N–H and O–H groups in total. The van der Waals surface area contributed by atoms with E-state index in [1.807, 2.05) is 62.4 Å². The van der Waals surface area contributed by atoms with E-state index in [-0.39, 0.29) is 18.1 Å². The maximum absolute atomic E-state index is 12.2. The van der Waals surface area contributed by atoms with Crippen molar-refractivity contribution < 1.29 is 19.1 Å². The zero-order valence-electron chi connectivity index (χ0n) is 19.4. The van der Waals surface area contributed by atoms with Gasteiger partial charge in [0.2, 0.25) is 0 Å². The molecule has 0 saturated carbocycles. The third-order valence-electron chi connectivity index (χ3n) is 4.99. The predicted octanol–water partition coefficient (Wildman–Crippen LogP) is 3.28. The van der Waals surface area contributed by atoms with Crippen LogP contribution in [0.15, 0.2) is 66.0 Å². The Balaban J connectivity index is 1.71. The van der Waals surface area contributed by atoms with Gasteiger partial charge in [-0.3, -0.25) is 14.2 Å². The van der Waals surface area contributed by atoms with E-state index in [1.54, 1.807) is 10.6 Å². The van der Waals surface area contributed by atoms with Crippen LogP contribution < -0.4 is 10.5 Å². The number of allylic oxidation sites excluding steroid dienone is 1. The number of Topliss-reactive ketones (excluding diaryl/α,β-unsaturated/α-hetero) is 1. The number of ether oxygens (including phenoxy) is 2. The summed E-state index contributed by atoms with van der Waals surface area (Å²) in [6.07, 6.45) is 0. The number of nitriles is 1. The number of nitrogens with zero attached hydrogens (tertiary/aromatic N) is 4. The summed E-state index contributed by atoms with van der Waals surface area (Å²) in [5, 5.41) is 18.0. The molecule has 2 aromatic carbocycles. The number of carbonyl (C=O) groups is 2. The smallest absolute Gasteiger partial charge is 0.316 e. The maximum Gasteiger partial charge on any atom is 0.316 e. The van der Waals surface area contributed by atoms with Gasteiger partial charge in [0.15, 0.2) is 23.4 Å². The highest BCUT2D eigenvalue weighted by Crippen LogP contribution is 2.26. The van der Waals surface area contributed by atoms with Gasteiger partial charge in [-0.1, -0.05) is 54.7 Å². The molecule has 1 atom stereocenters. The molecule has 35 heavy (non-hydrogen) atoms. The Morgan fingerprint density at radius 1 is 1.14 bits per heavy atom. The Bertz CT molecular complexity index is 1250. The first kappa shape index (κ1) is 25.5. The number of aromatic nitrogens is 3. The molecule has 0 fully saturated rings. The van der Waals surface area contributed by atoms with Crippen molar-refractivity contribution in [1.29, 1.82) is 5.26 Å². The van der Waals surface area contributed by atoms with Crippen molar-refractivity contribution in [2.45, 2.75) is 25.6 Å². The number of esters is 1. The van der Waals surface area contributed by atoms with Gasteiger partial charge < -0.3 is 15.2 Å². The van der Waals surface area contributed by atoms with Gasteiger partial charge in [-0.2, -0.15) is 5.26 Å². The molecule has 1 aromatic heterocycles. The lowest BCUT2D eigenvalue weighted by Gasteiger charge is -2.13. The summed E-state index contributed by atoms with van der Waals surface area (Å²) >= 11 is 1.11. The van der Waals surface area contributed by atoms with Crippen LogP contribution in [0.3, 0.4) is 0 Å². The van der Waals surface area contributed by atoms with Crippen molar-refractivity contribution in [2.24, 2.45) is 11.7 Å². The maximum atomic E-state index is 12.2. The second-order valence-corrected chi connectivity index (χ2v) is 8.57. The summed E-state index contributed by atoms with van der Waals surface area (Å²) in [6, 6.07) is 17.1. The first-order valence-electron chi connectivity index (χ1n) is 10.7. The molecule has 0 radical (unpaired) electrons. The van der Waals surface area contributed by atoms with Crippen molar-refractivity contribution in [3.63, 3.8) is 0 Å². The number of para-hydroxylation sites is 2. The molecule has 3 rings (SSSR count). The largest absolute Gasteiger partial charge is 0.485 e. The Kier molecular flexibility index (Phi) is 8.64. The third-order valence-corrected chi connectivity index (χ3v) is 5.89. The molecule has 0 aliphatic heterocycles. The van der Waals surface area contributed by atoms with Gasteiger partial charge in [-0.05, 0) is 37.1 Å². The lowest BCUT2D eigenvalue weighted by molar-refractivity contribution is -0.145. The summed E-state index contributed by atoms with van der Waals surface area (Å²) in [7, 11) is 0. The number of carbonyl (C=O) groups excluding carboxylic acids is 2. The Morgan fingerprint density at radius 3 is 2.46 bits per heavy atom. The Morgan fingerprint density at radius 2 is 1.83 bits per heavy atom. The molecule has 0 spiro atoms. The fourth-order valence-corrected chi connectivity index (χ4v) is 4.02. The zero-order chi connectivity index (χ0) is 25.4. The quantitative estimate of drug-likeness (QED) is 0.317. The minimum absolute atomic E-state index is 0.0884. The number of ketones is 1. The predicted molar refractivity (Wildman–Crippen MR) is 131 cm³/mol. The molecule has 0 saturated heterocycles. The van der Waals surface area contributed by atoms with Crippen molar-refractivity contribution in [3.8, 4) is 17.5 Å². The van der Waals surface area contributed by atoms with Gasteiger partial charge in [0.25, 0.3) is 0 Å². The SMILES string of the molecule is C=C(N)[C@@H](C#N)C(=O)COC(=O)CSc1nnc(COc2c(C)cccc2C)n1-c1ccccc1. The molecular weight excluding hydrogens is 466 g/mol. The lowest BCUT2D eigenvalue weighted by Crippen LogP contribution is -2.25. The van der Waals surface area contributed by atoms with Crippen LogP contribution in [-0.2, 0) is 20.9 Å². The van der Waals surface area contributed by atoms with Crippen LogP contribution in [-0.4, -0.2) is 38.9 Å². The molecule has 9 nitrogen and oxygen atoms in total. The fraction of sp³-hybridized carbons (Fsp3) is 0.240. The highest BCUT2D eigenvalue weighted by molar-refractivity contribution is 7.99. The molecular formula is C25H25N5O4S. The third kappa shape index (κ3) is 6.49. The van der Waals surface area contributed by atoms with Crippen LogP contribution in [0.25, 0.3) is 5.69 Å². The van der Waals surface area contributed by atoms with E-state index in [0.29, 0.717) is 11.0 Å². The number of aryl methyl sites for hydroxylation is 2. The molecule has 3 aromatic rings. The second-order valence-electron chi connectivity index (χ2n) is 7.63. The summed E-state index contributed by atoms with van der Waals surface area (Å²) in [6.45, 7) is 6.96. The van der Waals surface area contributed by atoms with Gasteiger partial charge in [0.1, 0.15) is 18.3 Å². The minimum Gasteiger partial charge on any atom is -0.485 e. The van der Waals surface area contributed by atoms with Gasteiger partial charge in [-0.25, -0.2) is 0 Å². The minimum atomic E-state index is -1.21. The lowest BCUT2D eigenvalue weighted by atomic mass is 10.0. The van der Waals surface area contributed by atoms with Gasteiger partial charge in [0, 0.05) is 11.4 Å². The van der Waals surface area contributed by atoms with Crippen LogP contribution >= 0.6 is 11.8 Å². The van der Waals surface area contributed by atoms with Gasteiger partial charge in [-0.15, -0.1) is 10.2 Å². The highest BCUT2D eigenvalue weighted by Gasteiger charge is 2.22. The normalized spacial score (nSPS) is 11.3.